The first-order chi connectivity index (χ1) is 19.7. The molecule has 0 unspecified atom stereocenters. The van der Waals surface area contributed by atoms with Gasteiger partial charge >= 0.3 is 0 Å². The van der Waals surface area contributed by atoms with Gasteiger partial charge in [-0.2, -0.15) is 9.97 Å². The molecule has 1 aliphatic carbocycles. The maximum atomic E-state index is 12.8. The molecule has 1 aliphatic rings. The first-order valence-electron chi connectivity index (χ1n) is 13.8. The number of imidazole rings is 1. The predicted octanol–water partition coefficient (Wildman–Crippen LogP) is 5.60. The fourth-order valence-electron chi connectivity index (χ4n) is 5.11. The smallest absolute Gasteiger partial charge is 0.269 e. The number of hydrogen-bond acceptors (Lipinski definition) is 9. The summed E-state index contributed by atoms with van der Waals surface area (Å²) in [6, 6.07) is 13.8. The Labute approximate surface area is 238 Å². The molecule has 1 fully saturated rings. The molecular formula is C29H35N9O3. The van der Waals surface area contributed by atoms with Gasteiger partial charge in [0.15, 0.2) is 17.0 Å². The van der Waals surface area contributed by atoms with Crippen LogP contribution in [0.25, 0.3) is 11.2 Å². The summed E-state index contributed by atoms with van der Waals surface area (Å²) in [5, 5.41) is 20.7. The fraction of sp³-hybridized carbons (Fsp3) is 0.379. The zero-order valence-electron chi connectivity index (χ0n) is 23.7. The fourth-order valence-corrected chi connectivity index (χ4v) is 5.11. The topological polar surface area (TPSA) is 143 Å². The van der Waals surface area contributed by atoms with Crippen molar-refractivity contribution in [3.63, 3.8) is 0 Å². The van der Waals surface area contributed by atoms with Gasteiger partial charge in [0.25, 0.3) is 11.6 Å². The molecule has 12 heteroatoms. The molecule has 2 aromatic heterocycles. The first-order valence-corrected chi connectivity index (χ1v) is 13.8. The van der Waals surface area contributed by atoms with Crippen LogP contribution in [0.4, 0.5) is 28.8 Å². The third-order valence-corrected chi connectivity index (χ3v) is 7.46. The van der Waals surface area contributed by atoms with Crippen LogP contribution in [0, 0.1) is 10.1 Å². The van der Waals surface area contributed by atoms with E-state index in [0.29, 0.717) is 46.3 Å². The second-order valence-corrected chi connectivity index (χ2v) is 10.9. The van der Waals surface area contributed by atoms with Crippen LogP contribution in [0.1, 0.15) is 55.9 Å². The van der Waals surface area contributed by atoms with Crippen molar-refractivity contribution < 1.29 is 9.72 Å². The zero-order valence-corrected chi connectivity index (χ0v) is 23.7. The quantitative estimate of drug-likeness (QED) is 0.177. The van der Waals surface area contributed by atoms with Gasteiger partial charge in [0.2, 0.25) is 5.95 Å². The van der Waals surface area contributed by atoms with E-state index in [9.17, 15) is 14.9 Å². The lowest BCUT2D eigenvalue weighted by Gasteiger charge is -2.33. The molecule has 0 saturated heterocycles. The summed E-state index contributed by atoms with van der Waals surface area (Å²) in [5.41, 5.74) is 2.92. The molecule has 4 aromatic rings. The van der Waals surface area contributed by atoms with Crippen molar-refractivity contribution in [2.24, 2.45) is 0 Å². The standard InChI is InChI=1S/C29H35N9O3/c1-18(2)37-17-30-25-26(34-29(35-27(25)37)33-20-10-14-23(15-11-20)36(3)4)31-21-6-5-7-22(16-21)32-28(39)19-8-12-24(13-9-19)38(40)41/h5-9,12-13,16-18,20,23H,10-11,14-15H2,1-4H3,(H,32,39)(H2,31,33,34,35)/t20-,23-. The van der Waals surface area contributed by atoms with E-state index in [1.165, 1.54) is 24.3 Å². The number of nitrogens with zero attached hydrogens (tertiary/aromatic N) is 6. The van der Waals surface area contributed by atoms with Gasteiger partial charge in [0.1, 0.15) is 0 Å². The Hall–Kier alpha value is -4.58. The summed E-state index contributed by atoms with van der Waals surface area (Å²) in [4.78, 5) is 39.7. The monoisotopic (exact) mass is 557 g/mol. The third-order valence-electron chi connectivity index (χ3n) is 7.46. The first kappa shape index (κ1) is 28.0. The molecule has 0 bridgehead atoms. The molecule has 5 rings (SSSR count). The highest BCUT2D eigenvalue weighted by molar-refractivity contribution is 6.04. The highest BCUT2D eigenvalue weighted by Gasteiger charge is 2.24. The van der Waals surface area contributed by atoms with Crippen LogP contribution in [-0.4, -0.2) is 61.4 Å². The van der Waals surface area contributed by atoms with Gasteiger partial charge in [0.05, 0.1) is 11.3 Å². The molecule has 0 aliphatic heterocycles. The van der Waals surface area contributed by atoms with E-state index in [0.717, 1.165) is 31.3 Å². The van der Waals surface area contributed by atoms with Crippen LogP contribution in [0.2, 0.25) is 0 Å². The lowest BCUT2D eigenvalue weighted by molar-refractivity contribution is -0.384. The van der Waals surface area contributed by atoms with Crippen molar-refractivity contribution >= 4 is 45.9 Å². The van der Waals surface area contributed by atoms with E-state index < -0.39 is 4.92 Å². The second-order valence-electron chi connectivity index (χ2n) is 10.9. The van der Waals surface area contributed by atoms with Gasteiger partial charge in [-0.25, -0.2) is 4.98 Å². The maximum absolute atomic E-state index is 12.8. The van der Waals surface area contributed by atoms with E-state index in [1.807, 2.05) is 16.7 Å². The number of nitro benzene ring substituents is 1. The Kier molecular flexibility index (Phi) is 8.11. The number of nitro groups is 1. The average molecular weight is 558 g/mol. The molecule has 2 aromatic carbocycles. The number of carbonyl (C=O) groups excluding carboxylic acids is 1. The van der Waals surface area contributed by atoms with Crippen molar-refractivity contribution in [2.75, 3.05) is 30.0 Å². The number of aromatic nitrogens is 4. The molecule has 0 radical (unpaired) electrons. The van der Waals surface area contributed by atoms with Crippen molar-refractivity contribution in [3.8, 4) is 0 Å². The Morgan fingerprint density at radius 1 is 1.05 bits per heavy atom. The largest absolute Gasteiger partial charge is 0.351 e. The summed E-state index contributed by atoms with van der Waals surface area (Å²) >= 11 is 0. The van der Waals surface area contributed by atoms with E-state index >= 15 is 0 Å². The maximum Gasteiger partial charge on any atom is 0.269 e. The van der Waals surface area contributed by atoms with Gasteiger partial charge in [-0.1, -0.05) is 6.07 Å². The van der Waals surface area contributed by atoms with Gasteiger partial charge < -0.3 is 25.4 Å². The summed E-state index contributed by atoms with van der Waals surface area (Å²) in [6.07, 6.45) is 6.13. The Morgan fingerprint density at radius 3 is 2.41 bits per heavy atom. The molecule has 214 valence electrons. The SMILES string of the molecule is CC(C)n1cnc2c(Nc3cccc(NC(=O)c4ccc([N+](=O)[O-])cc4)c3)nc(N[C@H]3CC[C@H](N(C)C)CC3)nc21. The summed E-state index contributed by atoms with van der Waals surface area (Å²) < 4.78 is 2.02. The van der Waals surface area contributed by atoms with Gasteiger partial charge in [-0.3, -0.25) is 14.9 Å². The number of rotatable bonds is 9. The highest BCUT2D eigenvalue weighted by atomic mass is 16.6. The van der Waals surface area contributed by atoms with Gasteiger partial charge in [-0.15, -0.1) is 0 Å². The molecule has 12 nitrogen and oxygen atoms in total. The average Bonchev–Trinajstić information content (AvgIpc) is 3.38. The number of amides is 1. The molecule has 0 atom stereocenters. The van der Waals surface area contributed by atoms with Crippen LogP contribution in [-0.2, 0) is 0 Å². The van der Waals surface area contributed by atoms with E-state index in [4.69, 9.17) is 9.97 Å². The molecule has 3 N–H and O–H groups in total. The van der Waals surface area contributed by atoms with Crippen molar-refractivity contribution in [3.05, 3.63) is 70.5 Å². The third kappa shape index (κ3) is 6.43. The van der Waals surface area contributed by atoms with Crippen LogP contribution in [0.3, 0.4) is 0 Å². The van der Waals surface area contributed by atoms with Crippen LogP contribution < -0.4 is 16.0 Å². The zero-order chi connectivity index (χ0) is 29.1. The number of non-ortho nitro benzene ring substituents is 1. The number of benzene rings is 2. The Balaban J connectivity index is 1.36. The molecule has 1 amide bonds. The lowest BCUT2D eigenvalue weighted by Crippen LogP contribution is -2.36. The minimum atomic E-state index is -0.498. The minimum Gasteiger partial charge on any atom is -0.351 e. The number of hydrogen-bond donors (Lipinski definition) is 3. The van der Waals surface area contributed by atoms with Crippen molar-refractivity contribution in [1.29, 1.82) is 0 Å². The normalized spacial score (nSPS) is 17.1. The number of anilines is 4. The van der Waals surface area contributed by atoms with Crippen LogP contribution in [0.15, 0.2) is 54.9 Å². The molecule has 41 heavy (non-hydrogen) atoms. The van der Waals surface area contributed by atoms with Crippen LogP contribution >= 0.6 is 0 Å². The summed E-state index contributed by atoms with van der Waals surface area (Å²) in [5.74, 6) is 0.753. The minimum absolute atomic E-state index is 0.0704. The van der Waals surface area contributed by atoms with Crippen LogP contribution in [0.5, 0.6) is 0 Å². The van der Waals surface area contributed by atoms with Crippen molar-refractivity contribution in [2.45, 2.75) is 57.7 Å². The molecular weight excluding hydrogens is 522 g/mol. The predicted molar refractivity (Wildman–Crippen MR) is 160 cm³/mol. The molecule has 1 saturated carbocycles. The summed E-state index contributed by atoms with van der Waals surface area (Å²) in [7, 11) is 4.27. The lowest BCUT2D eigenvalue weighted by atomic mass is 9.91. The van der Waals surface area contributed by atoms with Crippen molar-refractivity contribution in [1.82, 2.24) is 24.4 Å². The van der Waals surface area contributed by atoms with Gasteiger partial charge in [-0.05, 0) is 84.0 Å². The van der Waals surface area contributed by atoms with E-state index in [-0.39, 0.29) is 17.6 Å². The Morgan fingerprint density at radius 2 is 1.76 bits per heavy atom. The Bertz CT molecular complexity index is 1540. The number of carbonyl (C=O) groups is 1. The number of fused-ring (bicyclic) bond motifs is 1. The van der Waals surface area contributed by atoms with E-state index in [2.05, 4.69) is 53.8 Å². The van der Waals surface area contributed by atoms with Gasteiger partial charge in [0, 0.05) is 47.2 Å². The summed E-state index contributed by atoms with van der Waals surface area (Å²) in [6.45, 7) is 4.17. The van der Waals surface area contributed by atoms with E-state index in [1.54, 1.807) is 18.5 Å². The number of nitrogens with one attached hydrogen (secondary N) is 3. The molecule has 2 heterocycles. The highest BCUT2D eigenvalue weighted by Crippen LogP contribution is 2.29. The molecule has 0 spiro atoms. The second kappa shape index (κ2) is 11.9.